The van der Waals surface area contributed by atoms with Gasteiger partial charge in [-0.2, -0.15) is 5.26 Å². The van der Waals surface area contributed by atoms with Crippen molar-refractivity contribution in [2.24, 2.45) is 5.73 Å². The van der Waals surface area contributed by atoms with Crippen molar-refractivity contribution in [1.82, 2.24) is 0 Å². The van der Waals surface area contributed by atoms with Crippen molar-refractivity contribution in [2.45, 2.75) is 26.3 Å². The van der Waals surface area contributed by atoms with E-state index in [1.54, 1.807) is 18.2 Å². The summed E-state index contributed by atoms with van der Waals surface area (Å²) in [6.45, 7) is 3.72. The predicted molar refractivity (Wildman–Crippen MR) is 62.8 cm³/mol. The first kappa shape index (κ1) is 12.2. The molecule has 0 radical (unpaired) electrons. The molecule has 4 heteroatoms. The summed E-state index contributed by atoms with van der Waals surface area (Å²) in [5.74, 6) is -0.222. The maximum absolute atomic E-state index is 11.6. The number of carbonyl (C=O) groups is 1. The zero-order valence-corrected chi connectivity index (χ0v) is 9.45. The highest BCUT2D eigenvalue weighted by Gasteiger charge is 2.12. The summed E-state index contributed by atoms with van der Waals surface area (Å²) in [5.41, 5.74) is 7.69. The van der Waals surface area contributed by atoms with Crippen LogP contribution in [0.1, 0.15) is 24.5 Å². The molecule has 0 fully saturated rings. The van der Waals surface area contributed by atoms with Gasteiger partial charge in [0.05, 0.1) is 17.7 Å². The number of carbonyl (C=O) groups excluding carboxylic acids is 1. The number of rotatable bonds is 3. The summed E-state index contributed by atoms with van der Waals surface area (Å²) in [6.07, 6.45) is 0.586. The molecular formula is C12H15N3O. The van der Waals surface area contributed by atoms with Gasteiger partial charge >= 0.3 is 0 Å². The van der Waals surface area contributed by atoms with Gasteiger partial charge in [-0.25, -0.2) is 0 Å². The monoisotopic (exact) mass is 217 g/mol. The summed E-state index contributed by atoms with van der Waals surface area (Å²) in [5, 5.41) is 11.5. The van der Waals surface area contributed by atoms with E-state index in [0.717, 1.165) is 5.56 Å². The van der Waals surface area contributed by atoms with E-state index in [-0.39, 0.29) is 5.91 Å². The second-order valence-corrected chi connectivity index (χ2v) is 3.65. The molecule has 16 heavy (non-hydrogen) atoms. The van der Waals surface area contributed by atoms with Crippen molar-refractivity contribution >= 4 is 11.6 Å². The second-order valence-electron chi connectivity index (χ2n) is 3.65. The van der Waals surface area contributed by atoms with Crippen LogP contribution in [0.15, 0.2) is 18.2 Å². The van der Waals surface area contributed by atoms with Crippen molar-refractivity contribution in [3.05, 3.63) is 29.3 Å². The van der Waals surface area contributed by atoms with Gasteiger partial charge in [-0.15, -0.1) is 0 Å². The molecule has 0 heterocycles. The Hall–Kier alpha value is -1.86. The van der Waals surface area contributed by atoms with E-state index in [9.17, 15) is 4.79 Å². The van der Waals surface area contributed by atoms with Gasteiger partial charge in [-0.05, 0) is 31.0 Å². The van der Waals surface area contributed by atoms with Gasteiger partial charge in [0.1, 0.15) is 0 Å². The molecular weight excluding hydrogens is 202 g/mol. The molecule has 0 saturated heterocycles. The number of aryl methyl sites for hydroxylation is 1. The lowest BCUT2D eigenvalue weighted by Crippen LogP contribution is -2.35. The molecule has 3 N–H and O–H groups in total. The Bertz CT molecular complexity index is 434. The minimum absolute atomic E-state index is 0.222. The molecule has 0 bridgehead atoms. The third kappa shape index (κ3) is 2.81. The van der Waals surface area contributed by atoms with Crippen LogP contribution in [-0.2, 0) is 4.79 Å². The summed E-state index contributed by atoms with van der Waals surface area (Å²) < 4.78 is 0. The zero-order chi connectivity index (χ0) is 12.1. The summed E-state index contributed by atoms with van der Waals surface area (Å²) in [6, 6.07) is 6.68. The van der Waals surface area contributed by atoms with Gasteiger partial charge < -0.3 is 11.1 Å². The average Bonchev–Trinajstić information content (AvgIpc) is 2.30. The third-order valence-electron chi connectivity index (χ3n) is 2.40. The van der Waals surface area contributed by atoms with Crippen molar-refractivity contribution in [3.8, 4) is 6.07 Å². The Morgan fingerprint density at radius 3 is 2.88 bits per heavy atom. The van der Waals surface area contributed by atoms with Crippen molar-refractivity contribution in [1.29, 1.82) is 5.26 Å². The van der Waals surface area contributed by atoms with Gasteiger partial charge in [0.2, 0.25) is 5.91 Å². The minimum atomic E-state index is -0.509. The molecule has 0 aliphatic carbocycles. The molecule has 0 aliphatic heterocycles. The summed E-state index contributed by atoms with van der Waals surface area (Å²) in [4.78, 5) is 11.6. The first-order valence-electron chi connectivity index (χ1n) is 5.15. The fourth-order valence-corrected chi connectivity index (χ4v) is 1.24. The molecule has 1 unspecified atom stereocenters. The number of hydrogen-bond acceptors (Lipinski definition) is 3. The highest BCUT2D eigenvalue weighted by atomic mass is 16.2. The SMILES string of the molecule is CCC(N)C(=O)Nc1cc(C#N)ccc1C. The Morgan fingerprint density at radius 2 is 2.31 bits per heavy atom. The second kappa shape index (κ2) is 5.29. The number of benzene rings is 1. The number of nitrogens with two attached hydrogens (primary N) is 1. The fraction of sp³-hybridized carbons (Fsp3) is 0.333. The summed E-state index contributed by atoms with van der Waals surface area (Å²) in [7, 11) is 0. The largest absolute Gasteiger partial charge is 0.324 e. The molecule has 0 saturated carbocycles. The van der Waals surface area contributed by atoms with Crippen molar-refractivity contribution in [2.75, 3.05) is 5.32 Å². The van der Waals surface area contributed by atoms with E-state index in [2.05, 4.69) is 5.32 Å². The van der Waals surface area contributed by atoms with Crippen LogP contribution in [0, 0.1) is 18.3 Å². The van der Waals surface area contributed by atoms with E-state index >= 15 is 0 Å². The first-order valence-corrected chi connectivity index (χ1v) is 5.15. The molecule has 1 amide bonds. The molecule has 0 aliphatic rings. The van der Waals surface area contributed by atoms with E-state index in [0.29, 0.717) is 17.7 Å². The predicted octanol–water partition coefficient (Wildman–Crippen LogP) is 1.54. The smallest absolute Gasteiger partial charge is 0.241 e. The lowest BCUT2D eigenvalue weighted by molar-refractivity contribution is -0.117. The van der Waals surface area contributed by atoms with Crippen molar-refractivity contribution < 1.29 is 4.79 Å². The molecule has 0 aromatic heterocycles. The fourth-order valence-electron chi connectivity index (χ4n) is 1.24. The van der Waals surface area contributed by atoms with E-state index in [1.807, 2.05) is 19.9 Å². The Balaban J connectivity index is 2.89. The van der Waals surface area contributed by atoms with Crippen LogP contribution >= 0.6 is 0 Å². The van der Waals surface area contributed by atoms with E-state index < -0.39 is 6.04 Å². The maximum Gasteiger partial charge on any atom is 0.241 e. The van der Waals surface area contributed by atoms with Crippen LogP contribution in [0.5, 0.6) is 0 Å². The number of amides is 1. The van der Waals surface area contributed by atoms with Gasteiger partial charge in [-0.3, -0.25) is 4.79 Å². The molecule has 1 aromatic carbocycles. The topological polar surface area (TPSA) is 78.9 Å². The average molecular weight is 217 g/mol. The molecule has 0 spiro atoms. The molecule has 1 aromatic rings. The van der Waals surface area contributed by atoms with Crippen LogP contribution in [0.2, 0.25) is 0 Å². The molecule has 1 rings (SSSR count). The van der Waals surface area contributed by atoms with Gasteiger partial charge in [0.15, 0.2) is 0 Å². The quantitative estimate of drug-likeness (QED) is 0.806. The zero-order valence-electron chi connectivity index (χ0n) is 9.45. The Labute approximate surface area is 95.1 Å². The minimum Gasteiger partial charge on any atom is -0.324 e. The lowest BCUT2D eigenvalue weighted by Gasteiger charge is -2.12. The molecule has 84 valence electrons. The Kier molecular flexibility index (Phi) is 4.03. The van der Waals surface area contributed by atoms with Crippen LogP contribution < -0.4 is 11.1 Å². The number of nitrogens with one attached hydrogen (secondary N) is 1. The number of nitrogens with zero attached hydrogens (tertiary/aromatic N) is 1. The van der Waals surface area contributed by atoms with Crippen LogP contribution in [-0.4, -0.2) is 11.9 Å². The highest BCUT2D eigenvalue weighted by molar-refractivity contribution is 5.95. The van der Waals surface area contributed by atoms with Crippen LogP contribution in [0.25, 0.3) is 0 Å². The number of hydrogen-bond donors (Lipinski definition) is 2. The number of nitriles is 1. The molecule has 4 nitrogen and oxygen atoms in total. The van der Waals surface area contributed by atoms with Gasteiger partial charge in [0.25, 0.3) is 0 Å². The Morgan fingerprint density at radius 1 is 1.62 bits per heavy atom. The normalized spacial score (nSPS) is 11.6. The van der Waals surface area contributed by atoms with E-state index in [1.165, 1.54) is 0 Å². The van der Waals surface area contributed by atoms with Crippen LogP contribution in [0.3, 0.4) is 0 Å². The number of anilines is 1. The van der Waals surface area contributed by atoms with Crippen molar-refractivity contribution in [3.63, 3.8) is 0 Å². The highest BCUT2D eigenvalue weighted by Crippen LogP contribution is 2.16. The third-order valence-corrected chi connectivity index (χ3v) is 2.40. The van der Waals surface area contributed by atoms with Gasteiger partial charge in [0, 0.05) is 5.69 Å². The standard InChI is InChI=1S/C12H15N3O/c1-3-10(14)12(16)15-11-6-9(7-13)5-4-8(11)2/h4-6,10H,3,14H2,1-2H3,(H,15,16). The van der Waals surface area contributed by atoms with Crippen LogP contribution in [0.4, 0.5) is 5.69 Å². The first-order chi connectivity index (χ1) is 7.58. The van der Waals surface area contributed by atoms with Gasteiger partial charge in [-0.1, -0.05) is 13.0 Å². The summed E-state index contributed by atoms with van der Waals surface area (Å²) >= 11 is 0. The maximum atomic E-state index is 11.6. The molecule has 1 atom stereocenters. The van der Waals surface area contributed by atoms with E-state index in [4.69, 9.17) is 11.0 Å². The lowest BCUT2D eigenvalue weighted by atomic mass is 10.1.